The Balaban J connectivity index is 1.70. The van der Waals surface area contributed by atoms with Gasteiger partial charge >= 0.3 is 0 Å². The van der Waals surface area contributed by atoms with E-state index in [2.05, 4.69) is 58.5 Å². The van der Waals surface area contributed by atoms with Gasteiger partial charge in [0.05, 0.1) is 12.6 Å². The summed E-state index contributed by atoms with van der Waals surface area (Å²) in [5.41, 5.74) is -2.60. The van der Waals surface area contributed by atoms with Gasteiger partial charge in [-0.25, -0.2) is 0 Å². The third-order valence-corrected chi connectivity index (χ3v) is 18.3. The highest BCUT2D eigenvalue weighted by atomic mass is 16.3. The predicted octanol–water partition coefficient (Wildman–Crippen LogP) is -0.176. The maximum atomic E-state index is 14.5. The van der Waals surface area contributed by atoms with Crippen LogP contribution in [0, 0.1) is 23.7 Å². The molecule has 3 aliphatic heterocycles. The zero-order chi connectivity index (χ0) is 76.5. The summed E-state index contributed by atoms with van der Waals surface area (Å²) < 4.78 is 0. The summed E-state index contributed by atoms with van der Waals surface area (Å²) >= 11 is 0. The van der Waals surface area contributed by atoms with E-state index in [9.17, 15) is 77.0 Å². The average molecular weight is 1410 g/mol. The van der Waals surface area contributed by atoms with Gasteiger partial charge in [-0.1, -0.05) is 62.3 Å². The number of hydrogen-bond donors (Lipinski definition) is 13. The molecule has 3 aliphatic rings. The van der Waals surface area contributed by atoms with E-state index in [0.29, 0.717) is 32.1 Å². The molecule has 10 atom stereocenters. The smallest absolute Gasteiger partial charge is 0.248 e. The molecule has 0 unspecified atom stereocenters. The van der Waals surface area contributed by atoms with E-state index in [1.807, 2.05) is 27.7 Å². The summed E-state index contributed by atoms with van der Waals surface area (Å²) in [5.74, 6) is -10.8. The number of aliphatic hydroxyl groups excluding tert-OH is 1. The van der Waals surface area contributed by atoms with Crippen molar-refractivity contribution >= 4 is 88.6 Å². The second kappa shape index (κ2) is 36.6. The van der Waals surface area contributed by atoms with Crippen LogP contribution in [0.1, 0.15) is 216 Å². The summed E-state index contributed by atoms with van der Waals surface area (Å²) in [7, 11) is 0. The molecular formula is C69H119N15O16. The molecule has 0 aromatic heterocycles. The Morgan fingerprint density at radius 3 is 1.24 bits per heavy atom. The molecule has 3 heterocycles. The Labute approximate surface area is 589 Å². The molecule has 566 valence electrons. The van der Waals surface area contributed by atoms with Crippen LogP contribution in [-0.4, -0.2) is 217 Å². The number of aliphatic hydroxyl groups is 1. The highest BCUT2D eigenvalue weighted by molar-refractivity contribution is 6.02. The van der Waals surface area contributed by atoms with Crippen molar-refractivity contribution in [2.24, 2.45) is 29.4 Å². The molecule has 3 saturated heterocycles. The van der Waals surface area contributed by atoms with Crippen molar-refractivity contribution in [3.05, 3.63) is 0 Å². The molecule has 0 aromatic rings. The number of carbonyl (C=O) groups is 15. The number of nitrogens with two attached hydrogens (primary N) is 1. The second-order valence-corrected chi connectivity index (χ2v) is 31.1. The molecule has 100 heavy (non-hydrogen) atoms. The summed E-state index contributed by atoms with van der Waals surface area (Å²) in [5, 5.41) is 39.6. The number of rotatable bonds is 36. The van der Waals surface area contributed by atoms with Crippen LogP contribution in [0.5, 0.6) is 0 Å². The van der Waals surface area contributed by atoms with Crippen LogP contribution in [0.15, 0.2) is 0 Å². The number of hydrogen-bond acceptors (Lipinski definition) is 16. The monoisotopic (exact) mass is 1410 g/mol. The first-order valence-electron chi connectivity index (χ1n) is 35.3. The topological polar surface area (TPSA) is 444 Å². The third-order valence-electron chi connectivity index (χ3n) is 18.3. The largest absolute Gasteiger partial charge is 0.394 e. The van der Waals surface area contributed by atoms with Gasteiger partial charge in [-0.2, -0.15) is 0 Å². The molecule has 3 rings (SSSR count). The minimum Gasteiger partial charge on any atom is -0.394 e. The molecule has 0 saturated carbocycles. The normalized spacial score (nSPS) is 19.1. The molecule has 0 bridgehead atoms. The maximum absolute atomic E-state index is 14.5. The van der Waals surface area contributed by atoms with Gasteiger partial charge in [0.2, 0.25) is 88.6 Å². The van der Waals surface area contributed by atoms with E-state index in [1.165, 1.54) is 90.9 Å². The van der Waals surface area contributed by atoms with Crippen LogP contribution < -0.4 is 64.2 Å². The lowest BCUT2D eigenvalue weighted by Crippen LogP contribution is -2.66. The fourth-order valence-corrected chi connectivity index (χ4v) is 12.5. The minimum atomic E-state index is -1.68. The van der Waals surface area contributed by atoms with Crippen molar-refractivity contribution in [2.45, 2.75) is 298 Å². The third kappa shape index (κ3) is 24.4. The van der Waals surface area contributed by atoms with E-state index < -0.39 is 177 Å². The zero-order valence-corrected chi connectivity index (χ0v) is 62.8. The quantitative estimate of drug-likeness (QED) is 0.0387. The molecular weight excluding hydrogens is 1290 g/mol. The van der Waals surface area contributed by atoms with Crippen LogP contribution >= 0.6 is 0 Å². The fourth-order valence-electron chi connectivity index (χ4n) is 12.5. The van der Waals surface area contributed by atoms with Gasteiger partial charge in [0.25, 0.3) is 0 Å². The highest BCUT2D eigenvalue weighted by Crippen LogP contribution is 2.27. The van der Waals surface area contributed by atoms with Crippen molar-refractivity contribution in [3.8, 4) is 0 Å². The molecule has 31 heteroatoms. The first kappa shape index (κ1) is 86.2. The lowest BCUT2D eigenvalue weighted by atomic mass is 9.94. The predicted molar refractivity (Wildman–Crippen MR) is 372 cm³/mol. The van der Waals surface area contributed by atoms with Crippen molar-refractivity contribution in [3.63, 3.8) is 0 Å². The molecule has 14 N–H and O–H groups in total. The van der Waals surface area contributed by atoms with Crippen LogP contribution in [0.3, 0.4) is 0 Å². The Bertz CT molecular complexity index is 3000. The van der Waals surface area contributed by atoms with E-state index in [0.717, 1.165) is 0 Å². The number of likely N-dealkylation sites (tertiary alicyclic amines) is 3. The van der Waals surface area contributed by atoms with Crippen LogP contribution in [-0.2, 0) is 71.9 Å². The summed E-state index contributed by atoms with van der Waals surface area (Å²) in [6, 6.07) is -9.82. The lowest BCUT2D eigenvalue weighted by molar-refractivity contribution is -0.146. The maximum Gasteiger partial charge on any atom is 0.248 e. The Morgan fingerprint density at radius 2 is 0.850 bits per heavy atom. The Kier molecular flexibility index (Phi) is 31.5. The summed E-state index contributed by atoms with van der Waals surface area (Å²) in [4.78, 5) is 210. The summed E-state index contributed by atoms with van der Waals surface area (Å²) in [6.07, 6.45) is 2.36. The van der Waals surface area contributed by atoms with Crippen molar-refractivity contribution < 1.29 is 77.0 Å². The summed E-state index contributed by atoms with van der Waals surface area (Å²) in [6.45, 7) is 32.1. The van der Waals surface area contributed by atoms with E-state index in [-0.39, 0.29) is 88.9 Å². The second-order valence-electron chi connectivity index (χ2n) is 31.1. The molecule has 15 amide bonds. The van der Waals surface area contributed by atoms with Gasteiger partial charge in [-0.3, -0.25) is 71.9 Å². The van der Waals surface area contributed by atoms with Crippen LogP contribution in [0.4, 0.5) is 0 Å². The van der Waals surface area contributed by atoms with Gasteiger partial charge in [-0.15, -0.1) is 0 Å². The number of nitrogens with one attached hydrogen (secondary N) is 11. The number of nitrogens with zero attached hydrogens (tertiary/aromatic N) is 3. The van der Waals surface area contributed by atoms with Gasteiger partial charge in [0.1, 0.15) is 76.0 Å². The van der Waals surface area contributed by atoms with Gasteiger partial charge in [0, 0.05) is 33.0 Å². The van der Waals surface area contributed by atoms with Crippen LogP contribution in [0.2, 0.25) is 0 Å². The van der Waals surface area contributed by atoms with Crippen LogP contribution in [0.25, 0.3) is 0 Å². The molecule has 3 fully saturated rings. The first-order chi connectivity index (χ1) is 46.1. The standard InChI is InChI=1S/C69H119N15O16/c1-21-69(20,61(97)75-46(35-39(6)7)55(91)79-67(16,17)63(99)83-31-23-26-48(83)57(93)72-43(36-85)33-37(2)3)81-58(94)49-27-24-32-84(49)64(100)68(18,19)80-59(95)51(40(8)9)76-52(88)41(10)71-56(92)47-25-22-30-82(47)62(98)66(14,15)78-54(90)45(34-38(4)5)73-53(89)44(28-29-50(70)87)74-60(96)65(12,13)77-42(11)86/h37-41,43-49,51,85H,21-36H2,1-20H3,(H2,70,87)(H,71,92)(H,72,93)(H,73,89)(H,74,96)(H,75,97)(H,76,88)(H,77,86)(H,78,90)(H,79,91)(H,80,95)(H,81,94)/t41-,43-,44-,45-,46-,47-,48-,49-,51-,69-/m0/s1. The molecule has 0 aromatic carbocycles. The van der Waals surface area contributed by atoms with Gasteiger partial charge in [0.15, 0.2) is 0 Å². The van der Waals surface area contributed by atoms with Crippen molar-refractivity contribution in [1.29, 1.82) is 0 Å². The van der Waals surface area contributed by atoms with Crippen molar-refractivity contribution in [2.75, 3.05) is 26.2 Å². The van der Waals surface area contributed by atoms with E-state index in [1.54, 1.807) is 34.6 Å². The number of amides is 15. The molecule has 0 spiro atoms. The molecule has 0 aliphatic carbocycles. The average Bonchev–Trinajstić information content (AvgIpc) is 1.53. The fraction of sp³-hybridized carbons (Fsp3) is 0.783. The van der Waals surface area contributed by atoms with Gasteiger partial charge in [-0.05, 0) is 164 Å². The number of carbonyl (C=O) groups excluding carboxylic acids is 15. The van der Waals surface area contributed by atoms with Gasteiger partial charge < -0.3 is 84.0 Å². The first-order valence-corrected chi connectivity index (χ1v) is 35.3. The Morgan fingerprint density at radius 1 is 0.450 bits per heavy atom. The minimum absolute atomic E-state index is 0.0494. The van der Waals surface area contributed by atoms with E-state index in [4.69, 9.17) is 5.73 Å². The SMILES string of the molecule is CC[C@](C)(NC(=O)[C@@H]1CCCN1C(=O)C(C)(C)NC(=O)[C@@H](NC(=O)[C@H](C)NC(=O)[C@@H]1CCCN1C(=O)C(C)(C)NC(=O)[C@H](CC(C)C)NC(=O)[C@H](CCC(N)=O)NC(=O)C(C)(C)NC(C)=O)C(C)C)C(=O)N[C@@H](CC(C)C)C(=O)NC(C)(C)C(=O)N1CCC[C@H]1C(=O)N[C@H](CO)CC(C)C. The lowest BCUT2D eigenvalue weighted by Gasteiger charge is -2.37. The Hall–Kier alpha value is -7.99. The number of primary amides is 1. The zero-order valence-electron chi connectivity index (χ0n) is 62.8. The molecule has 0 radical (unpaired) electrons. The molecule has 31 nitrogen and oxygen atoms in total. The van der Waals surface area contributed by atoms with Crippen molar-refractivity contribution in [1.82, 2.24) is 73.2 Å². The van der Waals surface area contributed by atoms with E-state index >= 15 is 0 Å². The highest BCUT2D eigenvalue weighted by Gasteiger charge is 2.48.